The normalized spacial score (nSPS) is 15.0. The molecule has 3 heterocycles. The van der Waals surface area contributed by atoms with E-state index in [0.717, 1.165) is 29.0 Å². The third-order valence-corrected chi connectivity index (χ3v) is 7.97. The highest BCUT2D eigenvalue weighted by Gasteiger charge is 2.46. The van der Waals surface area contributed by atoms with Gasteiger partial charge in [0.05, 0.1) is 10.9 Å². The summed E-state index contributed by atoms with van der Waals surface area (Å²) in [4.78, 5) is 28.3. The molecule has 6 rings (SSSR count). The summed E-state index contributed by atoms with van der Waals surface area (Å²) in [5, 5.41) is 8.56. The summed E-state index contributed by atoms with van der Waals surface area (Å²) in [6, 6.07) is 18.0. The van der Waals surface area contributed by atoms with Crippen molar-refractivity contribution in [3.63, 3.8) is 0 Å². The zero-order chi connectivity index (χ0) is 24.8. The van der Waals surface area contributed by atoms with Gasteiger partial charge in [0, 0.05) is 11.3 Å². The maximum atomic E-state index is 15.0. The molecular formula is C26H15F2N3O3S2. The minimum atomic E-state index is -1.14. The number of carbonyl (C=O) groups is 1. The average molecular weight is 520 g/mol. The Labute approximate surface area is 211 Å². The van der Waals surface area contributed by atoms with Gasteiger partial charge in [0.25, 0.3) is 5.91 Å². The predicted octanol–water partition coefficient (Wildman–Crippen LogP) is 5.96. The van der Waals surface area contributed by atoms with E-state index < -0.39 is 29.0 Å². The molecule has 1 unspecified atom stereocenters. The number of halogens is 2. The first-order valence-corrected chi connectivity index (χ1v) is 12.7. The van der Waals surface area contributed by atoms with Gasteiger partial charge in [-0.2, -0.15) is 0 Å². The monoisotopic (exact) mass is 519 g/mol. The fraction of sp³-hybridized carbons (Fsp3) is 0.0769. The highest BCUT2D eigenvalue weighted by molar-refractivity contribution is 8.00. The minimum Gasteiger partial charge on any atom is -0.450 e. The van der Waals surface area contributed by atoms with Crippen LogP contribution in [0.25, 0.3) is 11.0 Å². The molecule has 1 atom stereocenters. The van der Waals surface area contributed by atoms with Crippen LogP contribution >= 0.6 is 23.1 Å². The summed E-state index contributed by atoms with van der Waals surface area (Å²) in [5.41, 5.74) is 0.608. The van der Waals surface area contributed by atoms with E-state index >= 15 is 4.39 Å². The first-order chi connectivity index (χ1) is 17.5. The summed E-state index contributed by atoms with van der Waals surface area (Å²) in [5.74, 6) is -1.44. The lowest BCUT2D eigenvalue weighted by atomic mass is 9.98. The fourth-order valence-electron chi connectivity index (χ4n) is 4.21. The predicted molar refractivity (Wildman–Crippen MR) is 133 cm³/mol. The van der Waals surface area contributed by atoms with Gasteiger partial charge >= 0.3 is 0 Å². The third kappa shape index (κ3) is 3.78. The molecule has 178 valence electrons. The topological polar surface area (TPSA) is 76.3 Å². The second kappa shape index (κ2) is 8.96. The molecule has 0 spiro atoms. The van der Waals surface area contributed by atoms with Crippen LogP contribution in [0.4, 0.5) is 13.9 Å². The maximum absolute atomic E-state index is 15.0. The van der Waals surface area contributed by atoms with E-state index in [2.05, 4.69) is 10.2 Å². The molecule has 0 fully saturated rings. The van der Waals surface area contributed by atoms with Crippen LogP contribution < -0.4 is 10.3 Å². The summed E-state index contributed by atoms with van der Waals surface area (Å²) in [6.45, 7) is 0. The zero-order valence-electron chi connectivity index (χ0n) is 18.4. The zero-order valence-corrected chi connectivity index (χ0v) is 20.0. The van der Waals surface area contributed by atoms with Crippen LogP contribution in [0.2, 0.25) is 0 Å². The lowest BCUT2D eigenvalue weighted by Gasteiger charge is -2.22. The number of anilines is 1. The highest BCUT2D eigenvalue weighted by Crippen LogP contribution is 2.43. The van der Waals surface area contributed by atoms with Gasteiger partial charge in [-0.1, -0.05) is 71.6 Å². The average Bonchev–Trinajstić information content (AvgIpc) is 3.47. The molecule has 1 amide bonds. The lowest BCUT2D eigenvalue weighted by Crippen LogP contribution is -2.30. The maximum Gasteiger partial charge on any atom is 0.297 e. The van der Waals surface area contributed by atoms with Crippen molar-refractivity contribution in [2.75, 3.05) is 4.90 Å². The molecule has 0 saturated carbocycles. The molecule has 0 aliphatic carbocycles. The first-order valence-electron chi connectivity index (χ1n) is 10.9. The van der Waals surface area contributed by atoms with Crippen LogP contribution in [-0.2, 0) is 5.75 Å². The SMILES string of the molecule is O=C1c2oc3ccc(F)cc3c(=O)c2C(c2ccccc2F)N1c1nnc(SCc2ccccc2)s1. The summed E-state index contributed by atoms with van der Waals surface area (Å²) in [6.07, 6.45) is 0. The minimum absolute atomic E-state index is 0.0268. The Morgan fingerprint density at radius 3 is 2.56 bits per heavy atom. The standard InChI is InChI=1S/C26H15F2N3O3S2/c27-15-10-11-19-17(12-15)22(32)20-21(16-8-4-5-9-18(16)28)31(24(33)23(20)34-19)25-29-30-26(36-25)35-13-14-6-2-1-3-7-14/h1-12,21H,13H2. The van der Waals surface area contributed by atoms with Crippen molar-refractivity contribution >= 4 is 45.1 Å². The second-order valence-corrected chi connectivity index (χ2v) is 10.2. The van der Waals surface area contributed by atoms with Gasteiger partial charge in [0.2, 0.25) is 10.9 Å². The van der Waals surface area contributed by atoms with Crippen LogP contribution in [0.15, 0.2) is 86.3 Å². The quantitative estimate of drug-likeness (QED) is 0.211. The van der Waals surface area contributed by atoms with Crippen LogP contribution in [0.3, 0.4) is 0 Å². The van der Waals surface area contributed by atoms with Crippen LogP contribution in [-0.4, -0.2) is 16.1 Å². The van der Waals surface area contributed by atoms with E-state index in [1.807, 2.05) is 30.3 Å². The van der Waals surface area contributed by atoms with Crippen molar-refractivity contribution in [2.24, 2.45) is 0 Å². The molecule has 0 radical (unpaired) electrons. The molecule has 0 saturated heterocycles. The number of rotatable bonds is 5. The summed E-state index contributed by atoms with van der Waals surface area (Å²) >= 11 is 2.61. The lowest BCUT2D eigenvalue weighted by molar-refractivity contribution is 0.0970. The molecule has 2 aromatic heterocycles. The number of amides is 1. The van der Waals surface area contributed by atoms with Crippen LogP contribution in [0.1, 0.15) is 33.3 Å². The molecule has 0 bridgehead atoms. The van der Waals surface area contributed by atoms with Gasteiger partial charge in [-0.3, -0.25) is 14.5 Å². The molecular weight excluding hydrogens is 504 g/mol. The molecule has 1 aliphatic rings. The Hall–Kier alpha value is -3.89. The van der Waals surface area contributed by atoms with E-state index in [1.165, 1.54) is 40.9 Å². The number of carbonyl (C=O) groups excluding carboxylic acids is 1. The molecule has 6 nitrogen and oxygen atoms in total. The fourth-order valence-corrected chi connectivity index (χ4v) is 6.03. The van der Waals surface area contributed by atoms with Gasteiger partial charge in [0.15, 0.2) is 9.77 Å². The Morgan fingerprint density at radius 1 is 0.972 bits per heavy atom. The number of nitrogens with zero attached hydrogens (tertiary/aromatic N) is 3. The Balaban J connectivity index is 1.47. The van der Waals surface area contributed by atoms with Crippen LogP contribution in [0.5, 0.6) is 0 Å². The molecule has 0 N–H and O–H groups in total. The van der Waals surface area contributed by atoms with Gasteiger partial charge < -0.3 is 4.42 Å². The molecule has 5 aromatic rings. The highest BCUT2D eigenvalue weighted by atomic mass is 32.2. The van der Waals surface area contributed by atoms with E-state index in [-0.39, 0.29) is 33.0 Å². The number of hydrogen-bond donors (Lipinski definition) is 0. The number of fused-ring (bicyclic) bond motifs is 2. The number of hydrogen-bond acceptors (Lipinski definition) is 7. The number of aromatic nitrogens is 2. The van der Waals surface area contributed by atoms with Crippen molar-refractivity contribution in [3.8, 4) is 0 Å². The Morgan fingerprint density at radius 2 is 1.75 bits per heavy atom. The van der Waals surface area contributed by atoms with Crippen molar-refractivity contribution in [3.05, 3.63) is 117 Å². The second-order valence-electron chi connectivity index (χ2n) is 8.04. The number of benzene rings is 3. The molecule has 36 heavy (non-hydrogen) atoms. The molecule has 1 aliphatic heterocycles. The van der Waals surface area contributed by atoms with Crippen molar-refractivity contribution in [1.29, 1.82) is 0 Å². The largest absolute Gasteiger partial charge is 0.450 e. The van der Waals surface area contributed by atoms with E-state index in [0.29, 0.717) is 10.1 Å². The van der Waals surface area contributed by atoms with Crippen molar-refractivity contribution in [2.45, 2.75) is 16.1 Å². The van der Waals surface area contributed by atoms with Crippen LogP contribution in [0, 0.1) is 11.6 Å². The van der Waals surface area contributed by atoms with Gasteiger partial charge in [0.1, 0.15) is 23.3 Å². The van der Waals surface area contributed by atoms with E-state index in [1.54, 1.807) is 6.07 Å². The van der Waals surface area contributed by atoms with Gasteiger partial charge in [-0.25, -0.2) is 8.78 Å². The van der Waals surface area contributed by atoms with Gasteiger partial charge in [-0.15, -0.1) is 10.2 Å². The van der Waals surface area contributed by atoms with Crippen molar-refractivity contribution < 1.29 is 18.0 Å². The van der Waals surface area contributed by atoms with E-state index in [4.69, 9.17) is 4.42 Å². The molecule has 10 heteroatoms. The number of thioether (sulfide) groups is 1. The summed E-state index contributed by atoms with van der Waals surface area (Å²) < 4.78 is 35.3. The first kappa shape index (κ1) is 22.6. The smallest absolute Gasteiger partial charge is 0.297 e. The Bertz CT molecular complexity index is 1690. The summed E-state index contributed by atoms with van der Waals surface area (Å²) in [7, 11) is 0. The molecule has 3 aromatic carbocycles. The van der Waals surface area contributed by atoms with E-state index in [9.17, 15) is 14.0 Å². The van der Waals surface area contributed by atoms with Gasteiger partial charge in [-0.05, 0) is 29.8 Å². The van der Waals surface area contributed by atoms with Crippen molar-refractivity contribution in [1.82, 2.24) is 10.2 Å². The third-order valence-electron chi connectivity index (χ3n) is 5.84. The Kier molecular flexibility index (Phi) is 5.62.